The van der Waals surface area contributed by atoms with Crippen LogP contribution in [-0.2, 0) is 19.6 Å². The summed E-state index contributed by atoms with van der Waals surface area (Å²) < 4.78 is 112. The SMILES string of the molecule is C.C.CC(C)C(C)CC[C@H](C)CNCc1cc(-c2ccc(F)cc2)cc(-c2ccc(F)cc2)c1.CC(C)C([NH3+])CC[C@H]([NH3+])C[NH2+]Cc1cc(-c2ccc(F)cc2)cc(-c2ccc(F)cc2)c1.CC(C)C([NH3+])CC[C@H]([NH3+])C[NH2+]Cc1cc(-c2ccc(F)cc2)cc(-c2ccc(F)cc2)c1.COc1cc(-c2ccc(F)cc2)cc(-c2ccc(F)cc2)c1.[B].[C-]#N.[Cl-].[Cl-].[Cl-].[Cl-].[Cl-].[Cl-].[Na+]. The van der Waals surface area contributed by atoms with Crippen molar-refractivity contribution in [3.63, 3.8) is 0 Å². The number of ether oxygens (including phenoxy) is 1. The van der Waals surface area contributed by atoms with Gasteiger partial charge in [-0.05, 0) is 295 Å². The largest absolute Gasteiger partial charge is 1.00 e. The predicted molar refractivity (Wildman–Crippen MR) is 490 cm³/mol. The van der Waals surface area contributed by atoms with Crippen molar-refractivity contribution in [3.8, 4) is 94.8 Å². The van der Waals surface area contributed by atoms with E-state index in [0.717, 1.165) is 171 Å². The van der Waals surface area contributed by atoms with Crippen LogP contribution in [0.5, 0.6) is 5.75 Å². The molecule has 12 rings (SSSR count). The maximum absolute atomic E-state index is 13.4. The molecule has 130 heavy (non-hydrogen) atoms. The van der Waals surface area contributed by atoms with E-state index >= 15 is 0 Å². The molecule has 0 aliphatic carbocycles. The van der Waals surface area contributed by atoms with E-state index in [0.29, 0.717) is 47.7 Å². The van der Waals surface area contributed by atoms with Crippen LogP contribution in [0.25, 0.3) is 89.0 Å². The molecule has 3 radical (unpaired) electrons. The molecule has 0 saturated heterocycles. The van der Waals surface area contributed by atoms with Crippen LogP contribution in [0, 0.1) is 88.0 Å². The van der Waals surface area contributed by atoms with Crippen LogP contribution in [0.4, 0.5) is 35.1 Å². The van der Waals surface area contributed by atoms with Gasteiger partial charge in [0.25, 0.3) is 0 Å². The molecule has 12 aromatic rings. The van der Waals surface area contributed by atoms with E-state index in [2.05, 4.69) is 149 Å². The zero-order chi connectivity index (χ0) is 86.8. The van der Waals surface area contributed by atoms with Gasteiger partial charge in [-0.3, -0.25) is 0 Å². The fourth-order valence-electron chi connectivity index (χ4n) is 13.8. The molecule has 697 valence electrons. The number of benzene rings is 12. The van der Waals surface area contributed by atoms with Crippen LogP contribution in [0.1, 0.15) is 125 Å². The first-order valence-corrected chi connectivity index (χ1v) is 41.7. The fourth-order valence-corrected chi connectivity index (χ4v) is 13.8. The van der Waals surface area contributed by atoms with Crippen LogP contribution in [-0.4, -0.2) is 59.3 Å². The van der Waals surface area contributed by atoms with Gasteiger partial charge in [0.1, 0.15) is 90.5 Å². The first kappa shape index (κ1) is 126. The molecule has 12 aromatic carbocycles. The normalized spacial score (nSPS) is 11.6. The van der Waals surface area contributed by atoms with Crippen molar-refractivity contribution in [2.45, 2.75) is 153 Å². The second-order valence-electron chi connectivity index (χ2n) is 32.6. The Balaban J connectivity index is -0.00000161. The number of nitrogens with two attached hydrogens (primary N) is 2. The van der Waals surface area contributed by atoms with Gasteiger partial charge in [-0.2, -0.15) is 0 Å². The average Bonchev–Trinajstić information content (AvgIpc) is 0.830. The molecule has 3 unspecified atom stereocenters. The van der Waals surface area contributed by atoms with Crippen molar-refractivity contribution in [2.24, 2.45) is 29.6 Å². The topological polar surface area (TPSA) is 189 Å². The summed E-state index contributed by atoms with van der Waals surface area (Å²) in [5.41, 5.74) is 36.2. The van der Waals surface area contributed by atoms with Gasteiger partial charge in [-0.1, -0.05) is 174 Å². The minimum Gasteiger partial charge on any atom is -1.00 e. The van der Waals surface area contributed by atoms with E-state index < -0.39 is 0 Å². The Morgan fingerprint density at radius 1 is 0.308 bits per heavy atom. The van der Waals surface area contributed by atoms with E-state index in [9.17, 15) is 35.1 Å². The van der Waals surface area contributed by atoms with Crippen molar-refractivity contribution < 1.29 is 177 Å². The summed E-state index contributed by atoms with van der Waals surface area (Å²) in [4.78, 5) is 0. The number of hydrogen-bond donors (Lipinski definition) is 7. The number of nitrogens with zero attached hydrogens (tertiary/aromatic N) is 1. The third kappa shape index (κ3) is 42.8. The Hall–Kier alpha value is -8.11. The number of halogens is 14. The zero-order valence-electron chi connectivity index (χ0n) is 74.8. The number of nitrogens with one attached hydrogen (secondary N) is 1. The minimum absolute atomic E-state index is 0. The maximum atomic E-state index is 13.4. The van der Waals surface area contributed by atoms with Gasteiger partial charge in [-0.25, -0.2) is 35.1 Å². The van der Waals surface area contributed by atoms with Gasteiger partial charge in [0.2, 0.25) is 0 Å². The number of hydrogen-bond acceptors (Lipinski definition) is 3. The molecular weight excluding hydrogens is 1790 g/mol. The van der Waals surface area contributed by atoms with Crippen LogP contribution in [0.15, 0.2) is 267 Å². The summed E-state index contributed by atoms with van der Waals surface area (Å²) in [5.74, 6) is 1.97. The standard InChI is InChI=1S/C29H35F2N.2C27H33F2N3.C19H14F2O.CN.2CH4.B.6ClH.Na/c1-20(2)22(4)6-5-21(3)18-32-19-23-15-26(24-7-11-28(30)12-8-24)17-27(16-23)25-9-13-29(31)14-10-25;2*1-18(2)27(31)12-11-26(30)17-32-16-19-13-22(20-3-7-24(28)8-4-20)15-23(14-19)21-5-9-25(29)10-6-21;1-22-19-11-15(13-2-6-17(20)7-3-13)10-16(12-19)14-4-8-18(21)9-5-14;1-2;;;;;;;;;;/h7-17,20-22,32H,5-6,18-19H2,1-4H3;2*3-10,13-15,18,26-27,32H,11-12,16-17,30-31H2,1-2H3;2-12H,1H3;;2*1H4;;6*1H;/q;;;;-1;;;;;;;;;;+1/t21-,22?;2*26-,27?;;;;;;;;;;;;/m000............/s1. The molecule has 6 atom stereocenters. The molecule has 0 heterocycles. The minimum atomic E-state index is -0.273. The molecule has 9 nitrogen and oxygen atoms in total. The number of methoxy groups -OCH3 is 1. The second-order valence-corrected chi connectivity index (χ2v) is 32.6. The number of rotatable bonds is 33. The quantitative estimate of drug-likeness (QED) is 0.0166. The summed E-state index contributed by atoms with van der Waals surface area (Å²) in [7, 11) is 1.60. The molecule has 0 fully saturated rings. The molecule has 0 bridgehead atoms. The van der Waals surface area contributed by atoms with Gasteiger partial charge >= 0.3 is 29.6 Å². The fraction of sp³-hybridized carbons (Fsp3) is 0.305. The van der Waals surface area contributed by atoms with E-state index in [1.54, 1.807) is 104 Å². The predicted octanol–water partition coefficient (Wildman–Crippen LogP) is -0.541. The molecule has 0 aliphatic heterocycles. The summed E-state index contributed by atoms with van der Waals surface area (Å²) in [6, 6.07) is 78.5. The molecule has 25 heteroatoms. The molecule has 17 N–H and O–H groups in total. The van der Waals surface area contributed by atoms with Crippen molar-refractivity contribution in [1.82, 2.24) is 5.32 Å². The van der Waals surface area contributed by atoms with Crippen molar-refractivity contribution in [1.29, 1.82) is 5.26 Å². The Bertz CT molecular complexity index is 4460. The summed E-state index contributed by atoms with van der Waals surface area (Å²) in [6.07, 6.45) is 6.86. The van der Waals surface area contributed by atoms with Crippen LogP contribution >= 0.6 is 0 Å². The molecular formula is C105H129BCl6F8N8NaO. The third-order valence-electron chi connectivity index (χ3n) is 22.2. The van der Waals surface area contributed by atoms with Gasteiger partial charge < -0.3 is 130 Å². The molecule has 0 spiro atoms. The first-order chi connectivity index (χ1) is 57.6. The van der Waals surface area contributed by atoms with Gasteiger partial charge in [-0.15, -0.1) is 0 Å². The van der Waals surface area contributed by atoms with E-state index in [4.69, 9.17) is 16.6 Å². The second kappa shape index (κ2) is 65.5. The monoisotopic (exact) mass is 1910 g/mol. The van der Waals surface area contributed by atoms with E-state index in [1.165, 1.54) is 121 Å². The summed E-state index contributed by atoms with van der Waals surface area (Å²) >= 11 is 0. The van der Waals surface area contributed by atoms with E-state index in [-0.39, 0.29) is 174 Å². The summed E-state index contributed by atoms with van der Waals surface area (Å²) in [5, 5.41) is 14.4. The Kier molecular flexibility index (Phi) is 63.5. The molecule has 0 amide bonds. The zero-order valence-corrected chi connectivity index (χ0v) is 81.3. The Labute approximate surface area is 830 Å². The Morgan fingerprint density at radius 2 is 0.523 bits per heavy atom. The first-order valence-electron chi connectivity index (χ1n) is 41.7. The van der Waals surface area contributed by atoms with Crippen molar-refractivity contribution >= 4 is 8.41 Å². The van der Waals surface area contributed by atoms with Gasteiger partial charge in [0.05, 0.1) is 19.2 Å². The van der Waals surface area contributed by atoms with E-state index in [1.807, 2.05) is 18.2 Å². The van der Waals surface area contributed by atoms with Crippen molar-refractivity contribution in [3.05, 3.63) is 337 Å². The molecule has 0 saturated carbocycles. The summed E-state index contributed by atoms with van der Waals surface area (Å²) in [6.45, 7) is 28.1. The van der Waals surface area contributed by atoms with Gasteiger partial charge in [0, 0.05) is 63.6 Å². The van der Waals surface area contributed by atoms with Crippen LogP contribution in [0.3, 0.4) is 0 Å². The molecule has 0 aliphatic rings. The average molecular weight is 1920 g/mol. The maximum Gasteiger partial charge on any atom is 1.00 e. The van der Waals surface area contributed by atoms with Crippen LogP contribution in [0.2, 0.25) is 0 Å². The van der Waals surface area contributed by atoms with Gasteiger partial charge in [0.15, 0.2) is 0 Å². The van der Waals surface area contributed by atoms with Crippen LogP contribution < -0.4 is 148 Å². The molecule has 0 aromatic heterocycles. The third-order valence-corrected chi connectivity index (χ3v) is 22.2. The number of quaternary nitrogens is 6. The Morgan fingerprint density at radius 3 is 0.731 bits per heavy atom. The smallest absolute Gasteiger partial charge is 1.00 e. The van der Waals surface area contributed by atoms with Crippen molar-refractivity contribution in [2.75, 3.05) is 26.7 Å².